The van der Waals surface area contributed by atoms with Crippen molar-refractivity contribution < 1.29 is 24.0 Å². The fraction of sp³-hybridized carbons (Fsp3) is 0.462. The van der Waals surface area contributed by atoms with Crippen molar-refractivity contribution in [3.63, 3.8) is 0 Å². The molecule has 9 heteroatoms. The van der Waals surface area contributed by atoms with Crippen molar-refractivity contribution >= 4 is 11.6 Å². The van der Waals surface area contributed by atoms with Gasteiger partial charge in [0.2, 0.25) is 0 Å². The fourth-order valence-corrected chi connectivity index (χ4v) is 2.58. The number of nitroso groups, excluding NO2 is 1. The van der Waals surface area contributed by atoms with Gasteiger partial charge in [-0.05, 0) is 17.7 Å². The molecule has 3 rings (SSSR count). The van der Waals surface area contributed by atoms with E-state index >= 15 is 0 Å². The number of rotatable bonds is 3. The summed E-state index contributed by atoms with van der Waals surface area (Å²) in [6.45, 7) is 2.87. The zero-order chi connectivity index (χ0) is 15.7. The summed E-state index contributed by atoms with van der Waals surface area (Å²) < 4.78 is 19.5. The minimum Gasteiger partial charge on any atom is -0.505 e. The molecular weight excluding hydrogens is 295 g/mol. The van der Waals surface area contributed by atoms with Crippen molar-refractivity contribution in [1.29, 1.82) is 0 Å². The Labute approximate surface area is 125 Å². The second kappa shape index (κ2) is 5.85. The molecule has 2 saturated heterocycles. The van der Waals surface area contributed by atoms with Crippen LogP contribution in [-0.2, 0) is 16.1 Å². The number of nitrogens with one attached hydrogen (secondary N) is 1. The topological polar surface area (TPSA) is 85.1 Å². The van der Waals surface area contributed by atoms with Crippen molar-refractivity contribution in [3.8, 4) is 5.75 Å². The molecular formula is C13H16FN4O4+. The van der Waals surface area contributed by atoms with Crippen molar-refractivity contribution in [1.82, 2.24) is 10.3 Å². The number of aromatic hydroxyl groups is 1. The lowest BCUT2D eigenvalue weighted by molar-refractivity contribution is -0.591. The number of carbonyl (C=O) groups is 1. The number of nitrogens with zero attached hydrogens (tertiary/aromatic N) is 3. The molecule has 0 atom stereocenters. The average molecular weight is 311 g/mol. The number of ether oxygens (including phenoxy) is 1. The summed E-state index contributed by atoms with van der Waals surface area (Å²) in [5.41, 5.74) is 2.25. The van der Waals surface area contributed by atoms with Crippen LogP contribution in [0.25, 0.3) is 0 Å². The lowest BCUT2D eigenvalue weighted by atomic mass is 10.1. The zero-order valence-electron chi connectivity index (χ0n) is 11.8. The number of halogens is 1. The zero-order valence-corrected chi connectivity index (χ0v) is 11.8. The van der Waals surface area contributed by atoms with Gasteiger partial charge >= 0.3 is 5.91 Å². The summed E-state index contributed by atoms with van der Waals surface area (Å²) in [5, 5.41) is 10.8. The van der Waals surface area contributed by atoms with Crippen LogP contribution in [0.4, 0.5) is 10.1 Å². The molecule has 2 aliphatic rings. The number of hydrogen-bond donors (Lipinski definition) is 2. The summed E-state index contributed by atoms with van der Waals surface area (Å²) in [4.78, 5) is 24.9. The average Bonchev–Trinajstić information content (AvgIpc) is 2.78. The smallest absolute Gasteiger partial charge is 0.307 e. The molecule has 0 spiro atoms. The van der Waals surface area contributed by atoms with Gasteiger partial charge in [-0.3, -0.25) is 9.69 Å². The van der Waals surface area contributed by atoms with E-state index in [2.05, 4.69) is 4.90 Å². The molecule has 0 saturated carbocycles. The first-order chi connectivity index (χ1) is 10.5. The summed E-state index contributed by atoms with van der Waals surface area (Å²) in [7, 11) is 0. The van der Waals surface area contributed by atoms with E-state index in [9.17, 15) is 19.2 Å². The first-order valence-corrected chi connectivity index (χ1v) is 6.90. The Morgan fingerprint density at radius 2 is 2.09 bits per heavy atom. The number of hydrogen-bond acceptors (Lipinski definition) is 5. The standard InChI is InChI=1S/C13H15FN4O4/c14-10-5-9(7-16-1-3-22-4-2-16)6-11(19)13(10)17-8-12(20)15-18(17)21/h5-6H,1-4,7-8H2,(H-,15,19,20,21)/p+1. The summed E-state index contributed by atoms with van der Waals surface area (Å²) in [6, 6.07) is 2.67. The molecule has 118 valence electrons. The maximum atomic E-state index is 14.3. The van der Waals surface area contributed by atoms with Crippen LogP contribution >= 0.6 is 0 Å². The highest BCUT2D eigenvalue weighted by atomic mass is 19.1. The minimum atomic E-state index is -0.749. The third-order valence-corrected chi connectivity index (χ3v) is 3.60. The van der Waals surface area contributed by atoms with E-state index in [1.165, 1.54) is 12.1 Å². The van der Waals surface area contributed by atoms with Crippen molar-refractivity contribution in [2.45, 2.75) is 6.54 Å². The molecule has 1 aromatic carbocycles. The fourth-order valence-electron chi connectivity index (χ4n) is 2.58. The molecule has 0 aromatic heterocycles. The van der Waals surface area contributed by atoms with Gasteiger partial charge in [0.15, 0.2) is 18.0 Å². The predicted octanol–water partition coefficient (Wildman–Crippen LogP) is -0.0914. The number of carbonyl (C=O) groups excluding carboxylic acids is 1. The first kappa shape index (κ1) is 14.7. The molecule has 0 aliphatic carbocycles. The largest absolute Gasteiger partial charge is 0.505 e. The Kier molecular flexibility index (Phi) is 3.90. The van der Waals surface area contributed by atoms with E-state index in [-0.39, 0.29) is 23.0 Å². The van der Waals surface area contributed by atoms with Gasteiger partial charge in [-0.25, -0.2) is 4.39 Å². The van der Waals surface area contributed by atoms with E-state index in [1.807, 2.05) is 5.43 Å². The Hall–Kier alpha value is -2.26. The monoisotopic (exact) mass is 311 g/mol. The highest BCUT2D eigenvalue weighted by Gasteiger charge is 2.40. The number of phenolic OH excluding ortho intramolecular Hbond substituents is 1. The van der Waals surface area contributed by atoms with Gasteiger partial charge in [-0.1, -0.05) is 10.4 Å². The third kappa shape index (κ3) is 2.85. The van der Waals surface area contributed by atoms with Crippen LogP contribution in [0.1, 0.15) is 5.56 Å². The summed E-state index contributed by atoms with van der Waals surface area (Å²) in [5.74, 6) is -1.69. The molecule has 0 bridgehead atoms. The number of phenols is 1. The van der Waals surface area contributed by atoms with Gasteiger partial charge in [0, 0.05) is 19.6 Å². The Bertz CT molecular complexity index is 595. The van der Waals surface area contributed by atoms with Crippen LogP contribution in [0.3, 0.4) is 0 Å². The first-order valence-electron chi connectivity index (χ1n) is 6.90. The molecule has 1 aromatic rings. The predicted molar refractivity (Wildman–Crippen MR) is 73.3 cm³/mol. The van der Waals surface area contributed by atoms with Crippen LogP contribution in [-0.4, -0.2) is 53.7 Å². The van der Waals surface area contributed by atoms with Crippen LogP contribution in [0.2, 0.25) is 0 Å². The quantitative estimate of drug-likeness (QED) is 0.759. The van der Waals surface area contributed by atoms with E-state index in [0.717, 1.165) is 18.1 Å². The lowest BCUT2D eigenvalue weighted by Gasteiger charge is -2.26. The molecule has 1 amide bonds. The van der Waals surface area contributed by atoms with E-state index < -0.39 is 11.7 Å². The molecule has 0 radical (unpaired) electrons. The maximum absolute atomic E-state index is 14.3. The normalized spacial score (nSPS) is 19.6. The van der Waals surface area contributed by atoms with Crippen LogP contribution in [0.15, 0.2) is 12.1 Å². The number of amides is 1. The second-order valence-corrected chi connectivity index (χ2v) is 5.20. The van der Waals surface area contributed by atoms with Gasteiger partial charge in [0.1, 0.15) is 5.75 Å². The Morgan fingerprint density at radius 3 is 2.68 bits per heavy atom. The SMILES string of the molecule is O=C1CN(c2c(O)cc(CN3CCOCC3)cc2F)[N+](=O)N1. The molecule has 2 heterocycles. The van der Waals surface area contributed by atoms with E-state index in [1.54, 1.807) is 0 Å². The van der Waals surface area contributed by atoms with Crippen LogP contribution in [0.5, 0.6) is 5.75 Å². The maximum Gasteiger partial charge on any atom is 0.307 e. The highest BCUT2D eigenvalue weighted by molar-refractivity contribution is 5.82. The van der Waals surface area contributed by atoms with Crippen molar-refractivity contribution in [3.05, 3.63) is 28.4 Å². The number of benzene rings is 1. The van der Waals surface area contributed by atoms with Crippen LogP contribution < -0.4 is 10.4 Å². The summed E-state index contributed by atoms with van der Waals surface area (Å²) in [6.07, 6.45) is 0. The van der Waals surface area contributed by atoms with Gasteiger partial charge < -0.3 is 9.84 Å². The van der Waals surface area contributed by atoms with Gasteiger partial charge in [-0.2, -0.15) is 0 Å². The highest BCUT2D eigenvalue weighted by Crippen LogP contribution is 2.33. The Balaban J connectivity index is 1.82. The molecule has 0 unspecified atom stereocenters. The van der Waals surface area contributed by atoms with Crippen LogP contribution in [0, 0.1) is 10.7 Å². The summed E-state index contributed by atoms with van der Waals surface area (Å²) >= 11 is 0. The Morgan fingerprint density at radius 1 is 1.36 bits per heavy atom. The number of hydrazine groups is 2. The van der Waals surface area contributed by atoms with Crippen molar-refractivity contribution in [2.24, 2.45) is 0 Å². The molecule has 22 heavy (non-hydrogen) atoms. The second-order valence-electron chi connectivity index (χ2n) is 5.20. The molecule has 2 fully saturated rings. The van der Waals surface area contributed by atoms with Crippen molar-refractivity contribution in [2.75, 3.05) is 37.9 Å². The number of morpholine rings is 1. The molecule has 2 N–H and O–H groups in total. The van der Waals surface area contributed by atoms with Gasteiger partial charge in [0.25, 0.3) is 4.98 Å². The molecule has 8 nitrogen and oxygen atoms in total. The lowest BCUT2D eigenvalue weighted by Crippen LogP contribution is -2.35. The van der Waals surface area contributed by atoms with Gasteiger partial charge in [0.05, 0.1) is 18.1 Å². The van der Waals surface area contributed by atoms with E-state index in [0.29, 0.717) is 25.3 Å². The number of anilines is 1. The van der Waals surface area contributed by atoms with E-state index in [4.69, 9.17) is 4.74 Å². The molecule has 2 aliphatic heterocycles. The third-order valence-electron chi connectivity index (χ3n) is 3.60. The minimum absolute atomic E-state index is 0.113. The van der Waals surface area contributed by atoms with Gasteiger partial charge in [-0.15, -0.1) is 0 Å².